The van der Waals surface area contributed by atoms with Crippen LogP contribution in [0.1, 0.15) is 78.6 Å². The number of fused-ring (bicyclic) bond motifs is 5. The van der Waals surface area contributed by atoms with E-state index in [9.17, 15) is 4.79 Å². The van der Waals surface area contributed by atoms with Crippen molar-refractivity contribution in [3.8, 4) is 0 Å². The van der Waals surface area contributed by atoms with E-state index in [1.54, 1.807) is 0 Å². The van der Waals surface area contributed by atoms with Crippen molar-refractivity contribution >= 4 is 5.78 Å². The number of epoxide rings is 1. The average Bonchev–Trinajstić information content (AvgIpc) is 3.19. The number of rotatable bonds is 1. The SMILES string of the molecule is CC(=O)C1CCC2C3CCC4C[C@]5(CC[C@]4(C)C3CC[C@]12C)CO5. The van der Waals surface area contributed by atoms with Crippen LogP contribution in [-0.4, -0.2) is 18.0 Å². The van der Waals surface area contributed by atoms with E-state index in [1.807, 2.05) is 6.92 Å². The minimum Gasteiger partial charge on any atom is -0.370 e. The molecule has 5 unspecified atom stereocenters. The zero-order chi connectivity index (χ0) is 16.7. The van der Waals surface area contributed by atoms with Crippen molar-refractivity contribution in [2.45, 2.75) is 84.2 Å². The van der Waals surface area contributed by atoms with Gasteiger partial charge in [-0.3, -0.25) is 4.79 Å². The topological polar surface area (TPSA) is 29.6 Å². The van der Waals surface area contributed by atoms with E-state index in [2.05, 4.69) is 13.8 Å². The molecule has 8 atom stereocenters. The molecule has 1 saturated heterocycles. The number of ketones is 1. The third-order valence-corrected chi connectivity index (χ3v) is 9.85. The van der Waals surface area contributed by atoms with Crippen molar-refractivity contribution in [3.05, 3.63) is 0 Å². The highest BCUT2D eigenvalue weighted by Crippen LogP contribution is 2.68. The quantitative estimate of drug-likeness (QED) is 0.633. The highest BCUT2D eigenvalue weighted by Gasteiger charge is 2.63. The number of hydrogen-bond donors (Lipinski definition) is 0. The summed E-state index contributed by atoms with van der Waals surface area (Å²) in [6.07, 6.45) is 12.0. The molecule has 2 nitrogen and oxygen atoms in total. The van der Waals surface area contributed by atoms with Crippen LogP contribution >= 0.6 is 0 Å². The van der Waals surface area contributed by atoms with Crippen LogP contribution in [0.4, 0.5) is 0 Å². The third kappa shape index (κ3) is 1.95. The van der Waals surface area contributed by atoms with Crippen LogP contribution in [0.5, 0.6) is 0 Å². The first-order chi connectivity index (χ1) is 11.4. The number of carbonyl (C=O) groups is 1. The predicted molar refractivity (Wildman–Crippen MR) is 94.6 cm³/mol. The predicted octanol–water partition coefficient (Wildman–Crippen LogP) is 5.00. The Morgan fingerprint density at radius 2 is 1.67 bits per heavy atom. The maximum Gasteiger partial charge on any atom is 0.133 e. The lowest BCUT2D eigenvalue weighted by molar-refractivity contribution is -0.136. The molecule has 5 rings (SSSR count). The minimum absolute atomic E-state index is 0.311. The molecule has 0 radical (unpaired) electrons. The summed E-state index contributed by atoms with van der Waals surface area (Å²) >= 11 is 0. The van der Waals surface area contributed by atoms with Crippen LogP contribution < -0.4 is 0 Å². The Bertz CT molecular complexity index is 564. The molecule has 5 fully saturated rings. The molecule has 4 aliphatic carbocycles. The van der Waals surface area contributed by atoms with Crippen molar-refractivity contribution in [1.82, 2.24) is 0 Å². The molecule has 5 aliphatic rings. The molecule has 134 valence electrons. The van der Waals surface area contributed by atoms with Gasteiger partial charge in [0.1, 0.15) is 5.78 Å². The van der Waals surface area contributed by atoms with Gasteiger partial charge in [0.15, 0.2) is 0 Å². The molecule has 24 heavy (non-hydrogen) atoms. The Kier molecular flexibility index (Phi) is 3.22. The van der Waals surface area contributed by atoms with Crippen molar-refractivity contribution in [2.75, 3.05) is 6.61 Å². The lowest BCUT2D eigenvalue weighted by Gasteiger charge is -2.61. The van der Waals surface area contributed by atoms with Gasteiger partial charge < -0.3 is 4.74 Å². The third-order valence-electron chi connectivity index (χ3n) is 9.85. The fourth-order valence-corrected chi connectivity index (χ4v) is 8.34. The number of ether oxygens (including phenoxy) is 1. The Hall–Kier alpha value is -0.370. The minimum atomic E-state index is 0.311. The summed E-state index contributed by atoms with van der Waals surface area (Å²) in [7, 11) is 0. The van der Waals surface area contributed by atoms with Gasteiger partial charge >= 0.3 is 0 Å². The van der Waals surface area contributed by atoms with Gasteiger partial charge in [-0.2, -0.15) is 0 Å². The van der Waals surface area contributed by atoms with Gasteiger partial charge in [0.25, 0.3) is 0 Å². The molecule has 1 spiro atoms. The molecule has 0 N–H and O–H groups in total. The fraction of sp³-hybridized carbons (Fsp3) is 0.955. The Labute approximate surface area is 147 Å². The zero-order valence-corrected chi connectivity index (χ0v) is 15.8. The first-order valence-corrected chi connectivity index (χ1v) is 10.5. The van der Waals surface area contributed by atoms with Crippen molar-refractivity contribution < 1.29 is 9.53 Å². The summed E-state index contributed by atoms with van der Waals surface area (Å²) in [6.45, 7) is 7.98. The van der Waals surface area contributed by atoms with Crippen molar-refractivity contribution in [3.63, 3.8) is 0 Å². The van der Waals surface area contributed by atoms with Gasteiger partial charge in [-0.1, -0.05) is 13.8 Å². The number of hydrogen-bond acceptors (Lipinski definition) is 2. The summed E-state index contributed by atoms with van der Waals surface area (Å²) < 4.78 is 5.86. The molecule has 1 aliphatic heterocycles. The average molecular weight is 331 g/mol. The Balaban J connectivity index is 1.43. The smallest absolute Gasteiger partial charge is 0.133 e. The van der Waals surface area contributed by atoms with E-state index < -0.39 is 0 Å². The van der Waals surface area contributed by atoms with Crippen LogP contribution in [0.25, 0.3) is 0 Å². The summed E-state index contributed by atoms with van der Waals surface area (Å²) in [4.78, 5) is 12.2. The summed E-state index contributed by atoms with van der Waals surface area (Å²) in [5.74, 6) is 4.33. The molecule has 0 aromatic rings. The maximum absolute atomic E-state index is 12.2. The van der Waals surface area contributed by atoms with E-state index in [-0.39, 0.29) is 0 Å². The number of carbonyl (C=O) groups excluding carboxylic acids is 1. The maximum atomic E-state index is 12.2. The first kappa shape index (κ1) is 15.9. The van der Waals surface area contributed by atoms with Gasteiger partial charge in [-0.15, -0.1) is 0 Å². The van der Waals surface area contributed by atoms with Crippen LogP contribution in [0, 0.1) is 40.4 Å². The highest BCUT2D eigenvalue weighted by molar-refractivity contribution is 5.79. The summed E-state index contributed by atoms with van der Waals surface area (Å²) in [6, 6.07) is 0. The molecular weight excluding hydrogens is 296 g/mol. The van der Waals surface area contributed by atoms with E-state index in [0.717, 1.165) is 36.7 Å². The van der Waals surface area contributed by atoms with Gasteiger partial charge in [0, 0.05) is 5.92 Å². The Morgan fingerprint density at radius 1 is 0.917 bits per heavy atom. The number of Topliss-reactive ketones (excluding diaryl/α,β-unsaturated/α-hetero) is 1. The lowest BCUT2D eigenvalue weighted by Crippen LogP contribution is -2.54. The Morgan fingerprint density at radius 3 is 2.38 bits per heavy atom. The molecular formula is C22H34O2. The van der Waals surface area contributed by atoms with E-state index in [1.165, 1.54) is 51.4 Å². The zero-order valence-electron chi connectivity index (χ0n) is 15.8. The second-order valence-corrected chi connectivity index (χ2v) is 10.6. The molecule has 0 aromatic heterocycles. The largest absolute Gasteiger partial charge is 0.370 e. The summed E-state index contributed by atoms with van der Waals surface area (Å²) in [5, 5.41) is 0. The standard InChI is InChI=1S/C22H34O2/c1-14(23)17-6-7-18-16-5-4-15-12-22(13-24-22)11-10-20(15,2)19(16)8-9-21(17,18)3/h15-19H,4-13H2,1-3H3/t15?,16?,17?,18?,19?,20-,21+,22+/m0/s1. The van der Waals surface area contributed by atoms with Gasteiger partial charge in [0.05, 0.1) is 12.2 Å². The molecule has 4 saturated carbocycles. The molecule has 0 aromatic carbocycles. The monoisotopic (exact) mass is 330 g/mol. The lowest BCUT2D eigenvalue weighted by atomic mass is 9.44. The van der Waals surface area contributed by atoms with Crippen molar-refractivity contribution in [1.29, 1.82) is 0 Å². The van der Waals surface area contributed by atoms with E-state index in [0.29, 0.717) is 28.1 Å². The fourth-order valence-electron chi connectivity index (χ4n) is 8.34. The van der Waals surface area contributed by atoms with Crippen LogP contribution in [0.15, 0.2) is 0 Å². The highest BCUT2D eigenvalue weighted by atomic mass is 16.6. The molecule has 1 heterocycles. The van der Waals surface area contributed by atoms with Gasteiger partial charge in [-0.25, -0.2) is 0 Å². The molecule has 2 heteroatoms. The second kappa shape index (κ2) is 4.87. The van der Waals surface area contributed by atoms with Gasteiger partial charge in [-0.05, 0) is 99.2 Å². The van der Waals surface area contributed by atoms with Crippen LogP contribution in [-0.2, 0) is 9.53 Å². The molecule has 0 bridgehead atoms. The molecule has 0 amide bonds. The normalized spacial score (nSPS) is 58.7. The summed E-state index contributed by atoms with van der Waals surface area (Å²) in [5.41, 5.74) is 1.18. The van der Waals surface area contributed by atoms with E-state index in [4.69, 9.17) is 4.74 Å². The van der Waals surface area contributed by atoms with E-state index >= 15 is 0 Å². The first-order valence-electron chi connectivity index (χ1n) is 10.5. The van der Waals surface area contributed by atoms with Gasteiger partial charge in [0.2, 0.25) is 0 Å². The van der Waals surface area contributed by atoms with Crippen LogP contribution in [0.2, 0.25) is 0 Å². The second-order valence-electron chi connectivity index (χ2n) is 10.6. The van der Waals surface area contributed by atoms with Crippen molar-refractivity contribution in [2.24, 2.45) is 40.4 Å². The van der Waals surface area contributed by atoms with Crippen LogP contribution in [0.3, 0.4) is 0 Å².